The number of nitrogens with zero attached hydrogens (tertiary/aromatic N) is 1. The van der Waals surface area contributed by atoms with Crippen LogP contribution in [0, 0.1) is 5.92 Å². The SMILES string of the molecule is COC(=O)c1nc(NCC(C)CSC)sc1C(C)=O. The Labute approximate surface area is 121 Å². The van der Waals surface area contributed by atoms with Gasteiger partial charge in [-0.05, 0) is 17.9 Å². The van der Waals surface area contributed by atoms with Gasteiger partial charge < -0.3 is 10.1 Å². The van der Waals surface area contributed by atoms with Gasteiger partial charge in [-0.25, -0.2) is 9.78 Å². The molecular weight excluding hydrogens is 284 g/mol. The summed E-state index contributed by atoms with van der Waals surface area (Å²) in [6.07, 6.45) is 2.06. The van der Waals surface area contributed by atoms with Crippen LogP contribution in [0.5, 0.6) is 0 Å². The number of Topliss-reactive ketones (excluding diaryl/α,β-unsaturated/α-hetero) is 1. The van der Waals surface area contributed by atoms with Gasteiger partial charge in [0.15, 0.2) is 16.6 Å². The van der Waals surface area contributed by atoms with E-state index in [1.165, 1.54) is 25.4 Å². The molecule has 19 heavy (non-hydrogen) atoms. The molecule has 1 heterocycles. The summed E-state index contributed by atoms with van der Waals surface area (Å²) < 4.78 is 4.63. The van der Waals surface area contributed by atoms with Crippen LogP contribution >= 0.6 is 23.1 Å². The van der Waals surface area contributed by atoms with E-state index in [0.29, 0.717) is 15.9 Å². The van der Waals surface area contributed by atoms with Crippen molar-refractivity contribution in [1.82, 2.24) is 4.98 Å². The van der Waals surface area contributed by atoms with Crippen LogP contribution in [0.1, 0.15) is 34.0 Å². The lowest BCUT2D eigenvalue weighted by Crippen LogP contribution is -2.13. The molecule has 0 bridgehead atoms. The molecular formula is C12H18N2O3S2. The zero-order chi connectivity index (χ0) is 14.4. The van der Waals surface area contributed by atoms with E-state index >= 15 is 0 Å². The fraction of sp³-hybridized carbons (Fsp3) is 0.583. The van der Waals surface area contributed by atoms with E-state index in [2.05, 4.69) is 28.2 Å². The number of carbonyl (C=O) groups is 2. The summed E-state index contributed by atoms with van der Waals surface area (Å²) in [5.41, 5.74) is 0.0972. The standard InChI is InChI=1S/C12H18N2O3S2/c1-7(6-18-4)5-13-12-14-9(11(16)17-3)10(19-12)8(2)15/h7H,5-6H2,1-4H3,(H,13,14). The number of carbonyl (C=O) groups excluding carboxylic acids is 2. The maximum absolute atomic E-state index is 11.5. The van der Waals surface area contributed by atoms with E-state index in [0.717, 1.165) is 12.3 Å². The Morgan fingerprint density at radius 3 is 2.74 bits per heavy atom. The number of rotatable bonds is 7. The summed E-state index contributed by atoms with van der Waals surface area (Å²) in [6, 6.07) is 0. The average Bonchev–Trinajstić information content (AvgIpc) is 2.80. The minimum Gasteiger partial charge on any atom is -0.464 e. The van der Waals surface area contributed by atoms with Crippen molar-refractivity contribution in [1.29, 1.82) is 0 Å². The van der Waals surface area contributed by atoms with E-state index in [-0.39, 0.29) is 11.5 Å². The van der Waals surface area contributed by atoms with Gasteiger partial charge >= 0.3 is 5.97 Å². The van der Waals surface area contributed by atoms with Gasteiger partial charge in [-0.1, -0.05) is 18.3 Å². The molecule has 1 atom stereocenters. The lowest BCUT2D eigenvalue weighted by Gasteiger charge is -2.09. The smallest absolute Gasteiger partial charge is 0.358 e. The molecule has 0 radical (unpaired) electrons. The van der Waals surface area contributed by atoms with E-state index in [1.807, 2.05) is 0 Å². The zero-order valence-corrected chi connectivity index (χ0v) is 13.1. The van der Waals surface area contributed by atoms with Crippen LogP contribution in [0.25, 0.3) is 0 Å². The molecule has 1 rings (SSSR count). The Kier molecular flexibility index (Phi) is 6.30. The molecule has 0 saturated carbocycles. The molecule has 0 aliphatic heterocycles. The van der Waals surface area contributed by atoms with Gasteiger partial charge in [0.05, 0.1) is 7.11 Å². The van der Waals surface area contributed by atoms with Crippen LogP contribution in [0.2, 0.25) is 0 Å². The highest BCUT2D eigenvalue weighted by atomic mass is 32.2. The first-order chi connectivity index (χ1) is 8.99. The lowest BCUT2D eigenvalue weighted by atomic mass is 10.2. The number of hydrogen-bond acceptors (Lipinski definition) is 7. The fourth-order valence-electron chi connectivity index (χ4n) is 1.47. The Hall–Kier alpha value is -1.08. The third kappa shape index (κ3) is 4.50. The molecule has 0 aliphatic rings. The number of nitrogens with one attached hydrogen (secondary N) is 1. The van der Waals surface area contributed by atoms with Crippen LogP contribution in [0.15, 0.2) is 0 Å². The van der Waals surface area contributed by atoms with E-state index in [9.17, 15) is 9.59 Å². The molecule has 0 amide bonds. The number of aromatic nitrogens is 1. The van der Waals surface area contributed by atoms with Gasteiger partial charge in [-0.2, -0.15) is 11.8 Å². The molecule has 5 nitrogen and oxygen atoms in total. The van der Waals surface area contributed by atoms with Gasteiger partial charge in [-0.15, -0.1) is 0 Å². The Morgan fingerprint density at radius 2 is 2.21 bits per heavy atom. The van der Waals surface area contributed by atoms with Crippen LogP contribution in [0.4, 0.5) is 5.13 Å². The van der Waals surface area contributed by atoms with Crippen molar-refractivity contribution in [3.05, 3.63) is 10.6 Å². The van der Waals surface area contributed by atoms with Crippen LogP contribution in [-0.4, -0.2) is 42.4 Å². The number of ketones is 1. The van der Waals surface area contributed by atoms with E-state index < -0.39 is 5.97 Å². The largest absolute Gasteiger partial charge is 0.464 e. The van der Waals surface area contributed by atoms with Crippen LogP contribution in [-0.2, 0) is 4.74 Å². The number of thioether (sulfide) groups is 1. The third-order valence-electron chi connectivity index (χ3n) is 2.38. The van der Waals surface area contributed by atoms with Gasteiger partial charge in [0.1, 0.15) is 4.88 Å². The van der Waals surface area contributed by atoms with E-state index in [4.69, 9.17) is 0 Å². The van der Waals surface area contributed by atoms with Crippen LogP contribution in [0.3, 0.4) is 0 Å². The van der Waals surface area contributed by atoms with Crippen molar-refractivity contribution in [2.75, 3.05) is 31.0 Å². The summed E-state index contributed by atoms with van der Waals surface area (Å²) in [5.74, 6) is 0.776. The predicted octanol–water partition coefficient (Wildman–Crippen LogP) is 2.54. The Morgan fingerprint density at radius 1 is 1.53 bits per heavy atom. The maximum atomic E-state index is 11.5. The average molecular weight is 302 g/mol. The zero-order valence-electron chi connectivity index (χ0n) is 11.5. The second-order valence-corrected chi connectivity index (χ2v) is 6.10. The first-order valence-corrected chi connectivity index (χ1v) is 8.03. The first kappa shape index (κ1) is 16.0. The molecule has 0 aromatic carbocycles. The number of anilines is 1. The highest BCUT2D eigenvalue weighted by molar-refractivity contribution is 7.98. The molecule has 106 valence electrons. The quantitative estimate of drug-likeness (QED) is 0.616. The lowest BCUT2D eigenvalue weighted by molar-refractivity contribution is 0.0591. The molecule has 7 heteroatoms. The van der Waals surface area contributed by atoms with Gasteiger partial charge in [-0.3, -0.25) is 4.79 Å². The van der Waals surface area contributed by atoms with Crippen molar-refractivity contribution >= 4 is 40.0 Å². The topological polar surface area (TPSA) is 68.3 Å². The first-order valence-electron chi connectivity index (χ1n) is 5.82. The molecule has 0 fully saturated rings. The molecule has 1 aromatic rings. The number of thiazole rings is 1. The molecule has 1 N–H and O–H groups in total. The van der Waals surface area contributed by atoms with Crippen molar-refractivity contribution in [3.8, 4) is 0 Å². The predicted molar refractivity (Wildman–Crippen MR) is 79.5 cm³/mol. The minimum atomic E-state index is -0.577. The number of hydrogen-bond donors (Lipinski definition) is 1. The number of ether oxygens (including phenoxy) is 1. The van der Waals surface area contributed by atoms with Gasteiger partial charge in [0.2, 0.25) is 0 Å². The second-order valence-electron chi connectivity index (χ2n) is 4.19. The van der Waals surface area contributed by atoms with Crippen molar-refractivity contribution in [3.63, 3.8) is 0 Å². The molecule has 1 unspecified atom stereocenters. The summed E-state index contributed by atoms with van der Waals surface area (Å²) in [6.45, 7) is 4.30. The summed E-state index contributed by atoms with van der Waals surface area (Å²) >= 11 is 2.97. The third-order valence-corrected chi connectivity index (χ3v) is 4.39. The molecule has 0 spiro atoms. The Balaban J connectivity index is 2.80. The fourth-order valence-corrected chi connectivity index (χ4v) is 3.02. The normalized spacial score (nSPS) is 12.0. The van der Waals surface area contributed by atoms with Crippen molar-refractivity contribution in [2.24, 2.45) is 5.92 Å². The summed E-state index contributed by atoms with van der Waals surface area (Å²) in [5, 5.41) is 3.74. The van der Waals surface area contributed by atoms with Crippen LogP contribution < -0.4 is 5.32 Å². The summed E-state index contributed by atoms with van der Waals surface area (Å²) in [7, 11) is 1.28. The highest BCUT2D eigenvalue weighted by Gasteiger charge is 2.21. The van der Waals surface area contributed by atoms with Crippen molar-refractivity contribution in [2.45, 2.75) is 13.8 Å². The molecule has 1 aromatic heterocycles. The van der Waals surface area contributed by atoms with Crippen molar-refractivity contribution < 1.29 is 14.3 Å². The van der Waals surface area contributed by atoms with E-state index in [1.54, 1.807) is 11.8 Å². The van der Waals surface area contributed by atoms with Gasteiger partial charge in [0.25, 0.3) is 0 Å². The molecule has 0 aliphatic carbocycles. The maximum Gasteiger partial charge on any atom is 0.358 e. The highest BCUT2D eigenvalue weighted by Crippen LogP contribution is 2.24. The minimum absolute atomic E-state index is 0.0972. The monoisotopic (exact) mass is 302 g/mol. The second kappa shape index (κ2) is 7.49. The number of methoxy groups -OCH3 is 1. The molecule has 0 saturated heterocycles. The summed E-state index contributed by atoms with van der Waals surface area (Å²) in [4.78, 5) is 27.5. The van der Waals surface area contributed by atoms with Gasteiger partial charge in [0, 0.05) is 13.5 Å². The Bertz CT molecular complexity index is 460. The number of esters is 1.